The molecule has 1 atom stereocenters. The van der Waals surface area contributed by atoms with Crippen LogP contribution in [0.4, 0.5) is 0 Å². The summed E-state index contributed by atoms with van der Waals surface area (Å²) in [4.78, 5) is 25.4. The van der Waals surface area contributed by atoms with Gasteiger partial charge in [-0.1, -0.05) is 18.6 Å². The molecular weight excluding hydrogens is 294 g/mol. The summed E-state index contributed by atoms with van der Waals surface area (Å²) in [5, 5.41) is 9.09. The van der Waals surface area contributed by atoms with Gasteiger partial charge in [0.25, 0.3) is 5.91 Å². The lowest BCUT2D eigenvalue weighted by molar-refractivity contribution is -0.141. The number of para-hydroxylation sites is 1. The SMILES string of the molecule is O=C(O)[C@@H]1CCN(C(=O)c2ccccc2OC2CCCCC2)C1. The summed E-state index contributed by atoms with van der Waals surface area (Å²) in [5.74, 6) is -0.777. The second-order valence-electron chi connectivity index (χ2n) is 6.45. The van der Waals surface area contributed by atoms with Crippen molar-refractivity contribution < 1.29 is 19.4 Å². The smallest absolute Gasteiger partial charge is 0.308 e. The van der Waals surface area contributed by atoms with Crippen molar-refractivity contribution in [3.05, 3.63) is 29.8 Å². The molecule has 2 fully saturated rings. The third-order valence-electron chi connectivity index (χ3n) is 4.79. The number of carbonyl (C=O) groups excluding carboxylic acids is 1. The Hall–Kier alpha value is -2.04. The van der Waals surface area contributed by atoms with Crippen LogP contribution >= 0.6 is 0 Å². The van der Waals surface area contributed by atoms with E-state index in [4.69, 9.17) is 9.84 Å². The first-order valence-corrected chi connectivity index (χ1v) is 8.43. The molecule has 1 aromatic carbocycles. The molecule has 1 saturated heterocycles. The second-order valence-corrected chi connectivity index (χ2v) is 6.45. The number of hydrogen-bond donors (Lipinski definition) is 1. The number of amides is 1. The summed E-state index contributed by atoms with van der Waals surface area (Å²) in [6.45, 7) is 0.777. The van der Waals surface area contributed by atoms with Crippen LogP contribution in [-0.4, -0.2) is 41.1 Å². The van der Waals surface area contributed by atoms with Crippen LogP contribution in [0.15, 0.2) is 24.3 Å². The minimum absolute atomic E-state index is 0.125. The van der Waals surface area contributed by atoms with Gasteiger partial charge in [-0.2, -0.15) is 0 Å². The first kappa shape index (κ1) is 15.8. The number of ether oxygens (including phenoxy) is 1. The molecule has 1 N–H and O–H groups in total. The monoisotopic (exact) mass is 317 g/mol. The van der Waals surface area contributed by atoms with Gasteiger partial charge < -0.3 is 14.7 Å². The summed E-state index contributed by atoms with van der Waals surface area (Å²) in [5.41, 5.74) is 0.545. The van der Waals surface area contributed by atoms with E-state index in [-0.39, 0.29) is 18.6 Å². The Morgan fingerprint density at radius 3 is 2.52 bits per heavy atom. The van der Waals surface area contributed by atoms with E-state index in [9.17, 15) is 9.59 Å². The van der Waals surface area contributed by atoms with Gasteiger partial charge in [-0.15, -0.1) is 0 Å². The molecule has 1 heterocycles. The largest absolute Gasteiger partial charge is 0.490 e. The van der Waals surface area contributed by atoms with E-state index in [2.05, 4.69) is 0 Å². The number of rotatable bonds is 4. The molecule has 1 amide bonds. The van der Waals surface area contributed by atoms with Gasteiger partial charge in [0.05, 0.1) is 17.6 Å². The van der Waals surface area contributed by atoms with Gasteiger partial charge in [-0.3, -0.25) is 9.59 Å². The molecule has 1 saturated carbocycles. The molecule has 1 aliphatic carbocycles. The summed E-state index contributed by atoms with van der Waals surface area (Å²) >= 11 is 0. The third kappa shape index (κ3) is 3.66. The maximum atomic E-state index is 12.7. The van der Waals surface area contributed by atoms with Crippen LogP contribution in [0, 0.1) is 5.92 Å². The third-order valence-corrected chi connectivity index (χ3v) is 4.79. The van der Waals surface area contributed by atoms with E-state index in [1.165, 1.54) is 19.3 Å². The van der Waals surface area contributed by atoms with Gasteiger partial charge in [0.1, 0.15) is 5.75 Å². The summed E-state index contributed by atoms with van der Waals surface area (Å²) in [6.07, 6.45) is 6.38. The van der Waals surface area contributed by atoms with Crippen LogP contribution in [0.25, 0.3) is 0 Å². The molecule has 0 bridgehead atoms. The maximum absolute atomic E-state index is 12.7. The maximum Gasteiger partial charge on any atom is 0.308 e. The van der Waals surface area contributed by atoms with E-state index in [0.29, 0.717) is 24.3 Å². The first-order chi connectivity index (χ1) is 11.1. The normalized spacial score (nSPS) is 22.1. The molecule has 5 nitrogen and oxygen atoms in total. The topological polar surface area (TPSA) is 66.8 Å². The van der Waals surface area contributed by atoms with Gasteiger partial charge in [-0.25, -0.2) is 0 Å². The Kier molecular flexibility index (Phi) is 4.84. The van der Waals surface area contributed by atoms with Gasteiger partial charge in [0.15, 0.2) is 0 Å². The van der Waals surface area contributed by atoms with Gasteiger partial charge in [0, 0.05) is 13.1 Å². The van der Waals surface area contributed by atoms with E-state index < -0.39 is 11.9 Å². The molecular formula is C18H23NO4. The Morgan fingerprint density at radius 1 is 1.09 bits per heavy atom. The van der Waals surface area contributed by atoms with Crippen LogP contribution in [0.1, 0.15) is 48.9 Å². The van der Waals surface area contributed by atoms with Crippen molar-refractivity contribution in [3.8, 4) is 5.75 Å². The molecule has 3 rings (SSSR count). The van der Waals surface area contributed by atoms with Gasteiger partial charge >= 0.3 is 5.97 Å². The van der Waals surface area contributed by atoms with E-state index in [1.807, 2.05) is 18.2 Å². The quantitative estimate of drug-likeness (QED) is 0.927. The number of likely N-dealkylation sites (tertiary alicyclic amines) is 1. The number of nitrogens with zero attached hydrogens (tertiary/aromatic N) is 1. The second kappa shape index (κ2) is 7.02. The number of carboxylic acid groups (broad SMARTS) is 1. The predicted octanol–water partition coefficient (Wildman–Crippen LogP) is 2.94. The van der Waals surface area contributed by atoms with Crippen LogP contribution in [0.5, 0.6) is 5.75 Å². The number of aliphatic carboxylic acids is 1. The summed E-state index contributed by atoms with van der Waals surface area (Å²) in [7, 11) is 0. The zero-order chi connectivity index (χ0) is 16.2. The van der Waals surface area contributed by atoms with Crippen molar-refractivity contribution in [1.82, 2.24) is 4.90 Å². The molecule has 2 aliphatic rings. The Balaban J connectivity index is 1.72. The fraction of sp³-hybridized carbons (Fsp3) is 0.556. The van der Waals surface area contributed by atoms with E-state index >= 15 is 0 Å². The first-order valence-electron chi connectivity index (χ1n) is 8.43. The zero-order valence-electron chi connectivity index (χ0n) is 13.2. The van der Waals surface area contributed by atoms with Crippen molar-refractivity contribution >= 4 is 11.9 Å². The molecule has 124 valence electrons. The highest BCUT2D eigenvalue weighted by molar-refractivity contribution is 5.97. The zero-order valence-corrected chi connectivity index (χ0v) is 13.2. The number of carbonyl (C=O) groups is 2. The van der Waals surface area contributed by atoms with Crippen LogP contribution < -0.4 is 4.74 Å². The average Bonchev–Trinajstić information content (AvgIpc) is 3.06. The van der Waals surface area contributed by atoms with Crippen LogP contribution in [0.3, 0.4) is 0 Å². The number of hydrogen-bond acceptors (Lipinski definition) is 3. The molecule has 23 heavy (non-hydrogen) atoms. The van der Waals surface area contributed by atoms with Crippen molar-refractivity contribution in [2.24, 2.45) is 5.92 Å². The van der Waals surface area contributed by atoms with Gasteiger partial charge in [0.2, 0.25) is 0 Å². The predicted molar refractivity (Wildman–Crippen MR) is 85.6 cm³/mol. The summed E-state index contributed by atoms with van der Waals surface area (Å²) < 4.78 is 6.08. The molecule has 0 unspecified atom stereocenters. The highest BCUT2D eigenvalue weighted by Gasteiger charge is 2.32. The van der Waals surface area contributed by atoms with Crippen molar-refractivity contribution in [3.63, 3.8) is 0 Å². The van der Waals surface area contributed by atoms with Gasteiger partial charge in [-0.05, 0) is 44.2 Å². The standard InChI is InChI=1S/C18H23NO4/c20-17(19-11-10-13(12-19)18(21)22)15-8-4-5-9-16(15)23-14-6-2-1-3-7-14/h4-5,8-9,13-14H,1-3,6-7,10-12H2,(H,21,22)/t13-/m1/s1. The molecule has 0 spiro atoms. The Bertz CT molecular complexity index is 580. The van der Waals surface area contributed by atoms with Crippen LogP contribution in [-0.2, 0) is 4.79 Å². The molecule has 0 aromatic heterocycles. The average molecular weight is 317 g/mol. The van der Waals surface area contributed by atoms with E-state index in [0.717, 1.165) is 12.8 Å². The van der Waals surface area contributed by atoms with Crippen molar-refractivity contribution in [2.45, 2.75) is 44.6 Å². The lowest BCUT2D eigenvalue weighted by atomic mass is 9.97. The molecule has 0 radical (unpaired) electrons. The van der Waals surface area contributed by atoms with Crippen molar-refractivity contribution in [2.75, 3.05) is 13.1 Å². The number of carboxylic acids is 1. The highest BCUT2D eigenvalue weighted by Crippen LogP contribution is 2.28. The lowest BCUT2D eigenvalue weighted by Gasteiger charge is -2.25. The van der Waals surface area contributed by atoms with Crippen LogP contribution in [0.2, 0.25) is 0 Å². The number of benzene rings is 1. The molecule has 1 aromatic rings. The Labute approximate surface area is 136 Å². The minimum atomic E-state index is -0.827. The fourth-order valence-electron chi connectivity index (χ4n) is 3.43. The molecule has 1 aliphatic heterocycles. The van der Waals surface area contributed by atoms with E-state index in [1.54, 1.807) is 11.0 Å². The highest BCUT2D eigenvalue weighted by atomic mass is 16.5. The lowest BCUT2D eigenvalue weighted by Crippen LogP contribution is -2.31. The van der Waals surface area contributed by atoms with Crippen molar-refractivity contribution in [1.29, 1.82) is 0 Å². The Morgan fingerprint density at radius 2 is 1.83 bits per heavy atom. The summed E-state index contributed by atoms with van der Waals surface area (Å²) in [6, 6.07) is 7.31. The molecule has 5 heteroatoms. The fourth-order valence-corrected chi connectivity index (χ4v) is 3.43. The minimum Gasteiger partial charge on any atom is -0.490 e.